The van der Waals surface area contributed by atoms with Crippen molar-refractivity contribution in [3.05, 3.63) is 56.9 Å². The van der Waals surface area contributed by atoms with Crippen molar-refractivity contribution in [3.8, 4) is 0 Å². The van der Waals surface area contributed by atoms with Crippen LogP contribution in [0.15, 0.2) is 29.4 Å². The van der Waals surface area contributed by atoms with Gasteiger partial charge in [-0.1, -0.05) is 12.1 Å². The van der Waals surface area contributed by atoms with Gasteiger partial charge in [-0.3, -0.25) is 15.5 Å². The zero-order valence-corrected chi connectivity index (χ0v) is 13.6. The maximum Gasteiger partial charge on any atom is 0.340 e. The first-order valence-electron chi connectivity index (χ1n) is 7.34. The van der Waals surface area contributed by atoms with Crippen LogP contribution in [0, 0.1) is 24.0 Å². The first-order chi connectivity index (χ1) is 11.5. The Bertz CT molecular complexity index is 795. The van der Waals surface area contributed by atoms with E-state index in [0.29, 0.717) is 29.1 Å². The van der Waals surface area contributed by atoms with Crippen LogP contribution in [0.2, 0.25) is 0 Å². The Morgan fingerprint density at radius 3 is 2.79 bits per heavy atom. The number of hydrazone groups is 1. The number of aryl methyl sites for hydroxylation is 1. The second kappa shape index (κ2) is 7.40. The number of carbonyl (C=O) groups is 1. The van der Waals surface area contributed by atoms with Gasteiger partial charge in [0.15, 0.2) is 0 Å². The number of rotatable bonds is 6. The molecule has 126 valence electrons. The molecule has 0 radical (unpaired) electrons. The Labute approximate surface area is 138 Å². The Balaban J connectivity index is 2.21. The minimum Gasteiger partial charge on any atom is -0.462 e. The summed E-state index contributed by atoms with van der Waals surface area (Å²) >= 11 is 0. The molecule has 2 rings (SSSR count). The topological polar surface area (TPSA) is 110 Å². The molecule has 1 aromatic carbocycles. The third-order valence-corrected chi connectivity index (χ3v) is 3.44. The Kier molecular flexibility index (Phi) is 5.31. The van der Waals surface area contributed by atoms with Gasteiger partial charge in [-0.25, -0.2) is 4.79 Å². The second-order valence-corrected chi connectivity index (χ2v) is 5.03. The number of aromatic nitrogens is 1. The Morgan fingerprint density at radius 1 is 1.42 bits per heavy atom. The molecule has 2 N–H and O–H groups in total. The number of nitrogens with one attached hydrogen (secondary N) is 2. The van der Waals surface area contributed by atoms with Gasteiger partial charge in [0.2, 0.25) is 0 Å². The van der Waals surface area contributed by atoms with E-state index in [1.54, 1.807) is 39.0 Å². The fraction of sp³-hybridized carbons (Fsp3) is 0.250. The number of ether oxygens (including phenoxy) is 1. The number of anilines is 1. The lowest BCUT2D eigenvalue weighted by Gasteiger charge is -2.02. The molecule has 2 aromatic rings. The molecule has 0 unspecified atom stereocenters. The SMILES string of the molecule is CCOC(=O)c1c(C)[nH]c(/C=N/Nc2ccccc2[N+](=O)[O-])c1C. The van der Waals surface area contributed by atoms with Gasteiger partial charge >= 0.3 is 5.97 Å². The van der Waals surface area contributed by atoms with E-state index in [9.17, 15) is 14.9 Å². The van der Waals surface area contributed by atoms with Gasteiger partial charge in [-0.05, 0) is 32.4 Å². The summed E-state index contributed by atoms with van der Waals surface area (Å²) in [6, 6.07) is 6.21. The highest BCUT2D eigenvalue weighted by atomic mass is 16.6. The first-order valence-corrected chi connectivity index (χ1v) is 7.34. The fourth-order valence-electron chi connectivity index (χ4n) is 2.31. The molecule has 1 aromatic heterocycles. The molecule has 0 spiro atoms. The lowest BCUT2D eigenvalue weighted by Crippen LogP contribution is -2.06. The molecular formula is C16H18N4O4. The number of aromatic amines is 1. The molecule has 8 nitrogen and oxygen atoms in total. The number of H-pyrrole nitrogens is 1. The standard InChI is InChI=1S/C16H18N4O4/c1-4-24-16(21)15-10(2)13(18-11(15)3)9-17-19-12-7-5-6-8-14(12)20(22)23/h5-9,18-19H,4H2,1-3H3/b17-9+. The highest BCUT2D eigenvalue weighted by Crippen LogP contribution is 2.23. The third kappa shape index (κ3) is 3.60. The maximum absolute atomic E-state index is 11.9. The average Bonchev–Trinajstić information content (AvgIpc) is 2.82. The molecule has 24 heavy (non-hydrogen) atoms. The zero-order chi connectivity index (χ0) is 17.7. The predicted octanol–water partition coefficient (Wildman–Crippen LogP) is 3.16. The molecule has 0 aliphatic carbocycles. The van der Waals surface area contributed by atoms with Crippen LogP contribution in [0.5, 0.6) is 0 Å². The molecular weight excluding hydrogens is 312 g/mol. The molecule has 0 atom stereocenters. The third-order valence-electron chi connectivity index (χ3n) is 3.44. The van der Waals surface area contributed by atoms with Crippen molar-refractivity contribution in [1.29, 1.82) is 0 Å². The smallest absolute Gasteiger partial charge is 0.340 e. The summed E-state index contributed by atoms with van der Waals surface area (Å²) in [6.07, 6.45) is 1.47. The number of nitro groups is 1. The molecule has 0 amide bonds. The van der Waals surface area contributed by atoms with E-state index in [1.165, 1.54) is 12.3 Å². The van der Waals surface area contributed by atoms with E-state index < -0.39 is 10.9 Å². The van der Waals surface area contributed by atoms with Crippen molar-refractivity contribution in [2.24, 2.45) is 5.10 Å². The van der Waals surface area contributed by atoms with Crippen LogP contribution in [0.25, 0.3) is 0 Å². The lowest BCUT2D eigenvalue weighted by atomic mass is 10.1. The van der Waals surface area contributed by atoms with Crippen molar-refractivity contribution in [2.45, 2.75) is 20.8 Å². The van der Waals surface area contributed by atoms with E-state index in [2.05, 4.69) is 15.5 Å². The molecule has 0 saturated carbocycles. The Hall–Kier alpha value is -3.16. The van der Waals surface area contributed by atoms with Crippen molar-refractivity contribution in [2.75, 3.05) is 12.0 Å². The summed E-state index contributed by atoms with van der Waals surface area (Å²) in [4.78, 5) is 25.5. The van der Waals surface area contributed by atoms with Crippen molar-refractivity contribution < 1.29 is 14.5 Å². The number of carbonyl (C=O) groups excluding carboxylic acids is 1. The highest BCUT2D eigenvalue weighted by Gasteiger charge is 2.18. The van der Waals surface area contributed by atoms with Crippen molar-refractivity contribution >= 4 is 23.6 Å². The summed E-state index contributed by atoms with van der Waals surface area (Å²) in [7, 11) is 0. The monoisotopic (exact) mass is 330 g/mol. The van der Waals surface area contributed by atoms with Gasteiger partial charge in [-0.15, -0.1) is 0 Å². The summed E-state index contributed by atoms with van der Waals surface area (Å²) in [5, 5.41) is 15.0. The summed E-state index contributed by atoms with van der Waals surface area (Å²) < 4.78 is 5.02. The van der Waals surface area contributed by atoms with Crippen LogP contribution in [-0.2, 0) is 4.74 Å². The van der Waals surface area contributed by atoms with E-state index >= 15 is 0 Å². The predicted molar refractivity (Wildman–Crippen MR) is 90.5 cm³/mol. The summed E-state index contributed by atoms with van der Waals surface area (Å²) in [5.74, 6) is -0.393. The number of benzene rings is 1. The van der Waals surface area contributed by atoms with E-state index in [-0.39, 0.29) is 11.4 Å². The number of hydrogen-bond donors (Lipinski definition) is 2. The van der Waals surface area contributed by atoms with Crippen LogP contribution in [-0.4, -0.2) is 28.7 Å². The van der Waals surface area contributed by atoms with Gasteiger partial charge in [0.25, 0.3) is 5.69 Å². The molecule has 0 bridgehead atoms. The van der Waals surface area contributed by atoms with Crippen LogP contribution in [0.1, 0.15) is 34.2 Å². The number of nitrogens with zero attached hydrogens (tertiary/aromatic N) is 2. The largest absolute Gasteiger partial charge is 0.462 e. The minimum atomic E-state index is -0.485. The average molecular weight is 330 g/mol. The van der Waals surface area contributed by atoms with Gasteiger partial charge in [0.1, 0.15) is 5.69 Å². The first kappa shape index (κ1) is 17.2. The summed E-state index contributed by atoms with van der Waals surface area (Å²) in [6.45, 7) is 5.59. The van der Waals surface area contributed by atoms with Crippen molar-refractivity contribution in [1.82, 2.24) is 4.98 Å². The summed E-state index contributed by atoms with van der Waals surface area (Å²) in [5.41, 5.74) is 5.35. The maximum atomic E-state index is 11.9. The molecule has 8 heteroatoms. The van der Waals surface area contributed by atoms with E-state index in [1.807, 2.05) is 0 Å². The van der Waals surface area contributed by atoms with Crippen LogP contribution >= 0.6 is 0 Å². The van der Waals surface area contributed by atoms with Crippen LogP contribution in [0.3, 0.4) is 0 Å². The fourth-order valence-corrected chi connectivity index (χ4v) is 2.31. The normalized spacial score (nSPS) is 10.8. The minimum absolute atomic E-state index is 0.0683. The lowest BCUT2D eigenvalue weighted by molar-refractivity contribution is -0.384. The molecule has 0 saturated heterocycles. The number of hydrogen-bond acceptors (Lipinski definition) is 6. The number of esters is 1. The molecule has 1 heterocycles. The van der Waals surface area contributed by atoms with Crippen LogP contribution < -0.4 is 5.43 Å². The number of para-hydroxylation sites is 2. The van der Waals surface area contributed by atoms with Crippen molar-refractivity contribution in [3.63, 3.8) is 0 Å². The number of nitro benzene ring substituents is 1. The van der Waals surface area contributed by atoms with Gasteiger partial charge < -0.3 is 9.72 Å². The second-order valence-electron chi connectivity index (χ2n) is 5.03. The van der Waals surface area contributed by atoms with Gasteiger partial charge in [-0.2, -0.15) is 5.10 Å². The Morgan fingerprint density at radius 2 is 2.12 bits per heavy atom. The van der Waals surface area contributed by atoms with E-state index in [0.717, 1.165) is 0 Å². The van der Waals surface area contributed by atoms with Gasteiger partial charge in [0.05, 0.1) is 29.0 Å². The van der Waals surface area contributed by atoms with E-state index in [4.69, 9.17) is 4.74 Å². The quantitative estimate of drug-likeness (QED) is 0.366. The zero-order valence-electron chi connectivity index (χ0n) is 13.6. The molecule has 0 aliphatic heterocycles. The highest BCUT2D eigenvalue weighted by molar-refractivity contribution is 5.96. The molecule has 0 fully saturated rings. The van der Waals surface area contributed by atoms with Crippen LogP contribution in [0.4, 0.5) is 11.4 Å². The molecule has 0 aliphatic rings. The van der Waals surface area contributed by atoms with Gasteiger partial charge in [0, 0.05) is 11.8 Å².